The summed E-state index contributed by atoms with van der Waals surface area (Å²) in [5.74, 6) is 1.53. The van der Waals surface area contributed by atoms with E-state index in [1.54, 1.807) is 14.2 Å². The lowest BCUT2D eigenvalue weighted by Crippen LogP contribution is -2.39. The fourth-order valence-electron chi connectivity index (χ4n) is 2.69. The standard InChI is InChI=1S/C21H27BrN4O2/c1-15-5-8-17(22)13-19(15)25-20(27)11-12-24-21(23-2)26(3)14-16-6-9-18(28-4)10-7-16/h5-10,13H,11-12,14H2,1-4H3,(H,23,24)(H,25,27). The molecule has 0 saturated heterocycles. The van der Waals surface area contributed by atoms with Gasteiger partial charge in [0, 0.05) is 43.8 Å². The topological polar surface area (TPSA) is 66.0 Å². The molecule has 0 radical (unpaired) electrons. The van der Waals surface area contributed by atoms with Crippen molar-refractivity contribution in [3.05, 3.63) is 58.1 Å². The number of anilines is 1. The summed E-state index contributed by atoms with van der Waals surface area (Å²) in [6.45, 7) is 3.17. The number of hydrogen-bond donors (Lipinski definition) is 2. The molecule has 2 aromatic rings. The molecule has 7 heteroatoms. The van der Waals surface area contributed by atoms with Crippen LogP contribution in [0, 0.1) is 6.92 Å². The van der Waals surface area contributed by atoms with Gasteiger partial charge in [-0.3, -0.25) is 9.79 Å². The van der Waals surface area contributed by atoms with Crippen molar-refractivity contribution in [3.63, 3.8) is 0 Å². The Kier molecular flexibility index (Phi) is 8.32. The Bertz CT molecular complexity index is 822. The molecular weight excluding hydrogens is 420 g/mol. The SMILES string of the molecule is CN=C(NCCC(=O)Nc1cc(Br)ccc1C)N(C)Cc1ccc(OC)cc1. The van der Waals surface area contributed by atoms with Gasteiger partial charge in [-0.05, 0) is 42.3 Å². The molecule has 2 aromatic carbocycles. The summed E-state index contributed by atoms with van der Waals surface area (Å²) in [7, 11) is 5.35. The summed E-state index contributed by atoms with van der Waals surface area (Å²) in [5, 5.41) is 6.18. The van der Waals surface area contributed by atoms with Gasteiger partial charge in [0.05, 0.1) is 7.11 Å². The first-order valence-electron chi connectivity index (χ1n) is 9.03. The van der Waals surface area contributed by atoms with Crippen LogP contribution >= 0.6 is 15.9 Å². The van der Waals surface area contributed by atoms with Gasteiger partial charge in [0.25, 0.3) is 0 Å². The Morgan fingerprint density at radius 1 is 1.21 bits per heavy atom. The Hall–Kier alpha value is -2.54. The smallest absolute Gasteiger partial charge is 0.226 e. The number of carbonyl (C=O) groups is 1. The van der Waals surface area contributed by atoms with Crippen LogP contribution in [0.3, 0.4) is 0 Å². The van der Waals surface area contributed by atoms with Gasteiger partial charge in [-0.2, -0.15) is 0 Å². The zero-order chi connectivity index (χ0) is 20.5. The third-order valence-electron chi connectivity index (χ3n) is 4.26. The van der Waals surface area contributed by atoms with Crippen LogP contribution in [0.25, 0.3) is 0 Å². The van der Waals surface area contributed by atoms with Crippen LogP contribution in [-0.2, 0) is 11.3 Å². The fraction of sp³-hybridized carbons (Fsp3) is 0.333. The molecule has 28 heavy (non-hydrogen) atoms. The second kappa shape index (κ2) is 10.7. The maximum atomic E-state index is 12.2. The van der Waals surface area contributed by atoms with Crippen LogP contribution < -0.4 is 15.4 Å². The second-order valence-electron chi connectivity index (χ2n) is 6.44. The van der Waals surface area contributed by atoms with Crippen molar-refractivity contribution in [1.29, 1.82) is 0 Å². The van der Waals surface area contributed by atoms with Crippen molar-refractivity contribution in [2.45, 2.75) is 19.9 Å². The summed E-state index contributed by atoms with van der Waals surface area (Å²) >= 11 is 3.43. The minimum absolute atomic E-state index is 0.0399. The number of methoxy groups -OCH3 is 1. The van der Waals surface area contributed by atoms with E-state index >= 15 is 0 Å². The molecule has 0 saturated carbocycles. The van der Waals surface area contributed by atoms with Crippen LogP contribution in [0.2, 0.25) is 0 Å². The highest BCUT2D eigenvalue weighted by molar-refractivity contribution is 9.10. The summed E-state index contributed by atoms with van der Waals surface area (Å²) in [6, 6.07) is 13.7. The average molecular weight is 447 g/mol. The molecule has 0 fully saturated rings. The maximum Gasteiger partial charge on any atom is 0.226 e. The van der Waals surface area contributed by atoms with Gasteiger partial charge in [0.2, 0.25) is 5.91 Å². The van der Waals surface area contributed by atoms with Crippen molar-refractivity contribution in [2.24, 2.45) is 4.99 Å². The molecule has 0 spiro atoms. The van der Waals surface area contributed by atoms with Crippen LogP contribution in [0.15, 0.2) is 51.9 Å². The van der Waals surface area contributed by atoms with Crippen LogP contribution in [0.1, 0.15) is 17.5 Å². The zero-order valence-corrected chi connectivity index (χ0v) is 18.3. The summed E-state index contributed by atoms with van der Waals surface area (Å²) < 4.78 is 6.12. The van der Waals surface area contributed by atoms with E-state index in [1.807, 2.05) is 61.3 Å². The number of guanidine groups is 1. The van der Waals surface area contributed by atoms with Gasteiger partial charge in [-0.1, -0.05) is 34.1 Å². The van der Waals surface area contributed by atoms with Gasteiger partial charge in [-0.15, -0.1) is 0 Å². The molecule has 6 nitrogen and oxygen atoms in total. The number of nitrogens with zero attached hydrogens (tertiary/aromatic N) is 2. The molecule has 0 atom stereocenters. The molecule has 0 aliphatic heterocycles. The third-order valence-corrected chi connectivity index (χ3v) is 4.75. The average Bonchev–Trinajstić information content (AvgIpc) is 2.68. The molecule has 0 heterocycles. The first-order valence-corrected chi connectivity index (χ1v) is 9.83. The van der Waals surface area contributed by atoms with Crippen LogP contribution in [-0.4, -0.2) is 44.5 Å². The molecular formula is C21H27BrN4O2. The zero-order valence-electron chi connectivity index (χ0n) is 16.8. The predicted molar refractivity (Wildman–Crippen MR) is 118 cm³/mol. The first kappa shape index (κ1) is 21.8. The summed E-state index contributed by atoms with van der Waals surface area (Å²) in [5.41, 5.74) is 2.99. The molecule has 2 N–H and O–H groups in total. The number of carbonyl (C=O) groups excluding carboxylic acids is 1. The number of rotatable bonds is 7. The van der Waals surface area contributed by atoms with Crippen molar-refractivity contribution in [3.8, 4) is 5.75 Å². The highest BCUT2D eigenvalue weighted by Gasteiger charge is 2.09. The van der Waals surface area contributed by atoms with Crippen LogP contribution in [0.4, 0.5) is 5.69 Å². The molecule has 0 bridgehead atoms. The Labute approximate surface area is 175 Å². The quantitative estimate of drug-likeness (QED) is 0.501. The molecule has 0 aliphatic carbocycles. The van der Waals surface area contributed by atoms with Gasteiger partial charge < -0.3 is 20.3 Å². The molecule has 2 rings (SSSR count). The van der Waals surface area contributed by atoms with E-state index in [4.69, 9.17) is 4.74 Å². The highest BCUT2D eigenvalue weighted by Crippen LogP contribution is 2.20. The predicted octanol–water partition coefficient (Wildman–Crippen LogP) is 3.80. The van der Waals surface area contributed by atoms with Gasteiger partial charge in [-0.25, -0.2) is 0 Å². The van der Waals surface area contributed by atoms with Gasteiger partial charge >= 0.3 is 0 Å². The number of hydrogen-bond acceptors (Lipinski definition) is 3. The van der Waals surface area contributed by atoms with E-state index in [-0.39, 0.29) is 5.91 Å². The minimum atomic E-state index is -0.0399. The number of ether oxygens (including phenoxy) is 1. The molecule has 150 valence electrons. The second-order valence-corrected chi connectivity index (χ2v) is 7.35. The third kappa shape index (κ3) is 6.56. The van der Waals surface area contributed by atoms with E-state index in [9.17, 15) is 4.79 Å². The van der Waals surface area contributed by atoms with E-state index in [2.05, 4.69) is 31.6 Å². The number of aryl methyl sites for hydroxylation is 1. The lowest BCUT2D eigenvalue weighted by molar-refractivity contribution is -0.116. The van der Waals surface area contributed by atoms with Gasteiger partial charge in [0.1, 0.15) is 5.75 Å². The van der Waals surface area contributed by atoms with Crippen molar-refractivity contribution < 1.29 is 9.53 Å². The summed E-state index contributed by atoms with van der Waals surface area (Å²) in [4.78, 5) is 18.5. The normalized spacial score (nSPS) is 11.1. The number of aliphatic imine (C=N–C) groups is 1. The van der Waals surface area contributed by atoms with E-state index in [1.165, 1.54) is 0 Å². The Morgan fingerprint density at radius 2 is 1.93 bits per heavy atom. The Balaban J connectivity index is 1.82. The first-order chi connectivity index (χ1) is 13.4. The number of amides is 1. The molecule has 0 aliphatic rings. The highest BCUT2D eigenvalue weighted by atomic mass is 79.9. The van der Waals surface area contributed by atoms with Gasteiger partial charge in [0.15, 0.2) is 5.96 Å². The van der Waals surface area contributed by atoms with Crippen molar-refractivity contribution in [1.82, 2.24) is 10.2 Å². The van der Waals surface area contributed by atoms with Crippen molar-refractivity contribution >= 4 is 33.5 Å². The van der Waals surface area contributed by atoms with E-state index < -0.39 is 0 Å². The fourth-order valence-corrected chi connectivity index (χ4v) is 3.05. The molecule has 0 unspecified atom stereocenters. The molecule has 1 amide bonds. The number of halogens is 1. The summed E-state index contributed by atoms with van der Waals surface area (Å²) in [6.07, 6.45) is 0.349. The lowest BCUT2D eigenvalue weighted by Gasteiger charge is -2.22. The number of benzene rings is 2. The van der Waals surface area contributed by atoms with Crippen molar-refractivity contribution in [2.75, 3.05) is 33.1 Å². The minimum Gasteiger partial charge on any atom is -0.497 e. The van der Waals surface area contributed by atoms with Crippen LogP contribution in [0.5, 0.6) is 5.75 Å². The monoisotopic (exact) mass is 446 g/mol. The maximum absolute atomic E-state index is 12.2. The van der Waals surface area contributed by atoms with E-state index in [0.717, 1.165) is 33.0 Å². The Morgan fingerprint density at radius 3 is 2.57 bits per heavy atom. The van der Waals surface area contributed by atoms with E-state index in [0.29, 0.717) is 19.5 Å². The largest absolute Gasteiger partial charge is 0.497 e. The molecule has 0 aromatic heterocycles. The number of nitrogens with one attached hydrogen (secondary N) is 2. The lowest BCUT2D eigenvalue weighted by atomic mass is 10.2.